The Kier molecular flexibility index (Phi) is 3.20. The molecule has 0 bridgehead atoms. The number of hydrogen-bond acceptors (Lipinski definition) is 0. The summed E-state index contributed by atoms with van der Waals surface area (Å²) in [5.41, 5.74) is -2.11. The Bertz CT molecular complexity index is 4140. The van der Waals surface area contributed by atoms with Gasteiger partial charge in [-0.15, -0.1) is 0 Å². The highest BCUT2D eigenvalue weighted by atomic mass is 19.3. The van der Waals surface area contributed by atoms with Crippen LogP contribution in [0.2, 0.25) is 0 Å². The van der Waals surface area contributed by atoms with E-state index in [1.165, 1.54) is 38.4 Å². The summed E-state index contributed by atoms with van der Waals surface area (Å²) in [4.78, 5) is 0. The normalized spacial score (nSPS) is 20.2. The Balaban J connectivity index is 1.26. The van der Waals surface area contributed by atoms with E-state index in [0.29, 0.717) is 16.3 Å². The molecule has 0 nitrogen and oxygen atoms in total. The van der Waals surface area contributed by atoms with Crippen LogP contribution in [-0.4, -0.2) is 0 Å². The smallest absolute Gasteiger partial charge is 0.203 e. The highest BCUT2D eigenvalue weighted by Gasteiger charge is 2.67. The van der Waals surface area contributed by atoms with Gasteiger partial charge in [-0.2, -0.15) is 8.78 Å². The molecule has 0 saturated carbocycles. The van der Waals surface area contributed by atoms with Crippen LogP contribution in [0.25, 0.3) is 141 Å². The molecule has 54 heavy (non-hydrogen) atoms. The predicted molar refractivity (Wildman–Crippen MR) is 201 cm³/mol. The van der Waals surface area contributed by atoms with Gasteiger partial charge in [0, 0.05) is 5.92 Å². The van der Waals surface area contributed by atoms with Gasteiger partial charge in [-0.3, -0.25) is 0 Å². The second kappa shape index (κ2) is 6.72. The third kappa shape index (κ3) is 1.85. The van der Waals surface area contributed by atoms with E-state index in [1.54, 1.807) is 12.2 Å². The molecule has 0 N–H and O–H groups in total. The molecule has 7 heteroatoms. The number of allylic oxidation sites excluding steroid dienone is 2. The highest BCUT2D eigenvalue weighted by Crippen LogP contribution is 2.74. The van der Waals surface area contributed by atoms with E-state index in [4.69, 9.17) is 0 Å². The molecule has 17 rings (SSSR count). The van der Waals surface area contributed by atoms with Crippen molar-refractivity contribution in [2.24, 2.45) is 0 Å². The van der Waals surface area contributed by atoms with Crippen LogP contribution < -0.4 is 0 Å². The summed E-state index contributed by atoms with van der Waals surface area (Å²) in [5, 5.41) is 24.7. The first kappa shape index (κ1) is 25.7. The van der Waals surface area contributed by atoms with Crippen molar-refractivity contribution < 1.29 is 30.7 Å². The number of rotatable bonds is 2. The van der Waals surface area contributed by atoms with E-state index >= 15 is 17.6 Å². The van der Waals surface area contributed by atoms with E-state index in [1.807, 2.05) is 6.08 Å². The van der Waals surface area contributed by atoms with Gasteiger partial charge >= 0.3 is 0 Å². The minimum absolute atomic E-state index is 0.217. The summed E-state index contributed by atoms with van der Waals surface area (Å²) < 4.78 is 112. The Morgan fingerprint density at radius 3 is 1.33 bits per heavy atom. The molecule has 0 aliphatic heterocycles. The van der Waals surface area contributed by atoms with Crippen LogP contribution in [0.5, 0.6) is 0 Å². The molecule has 0 aromatic heterocycles. The quantitative estimate of drug-likeness (QED) is 0.0726. The summed E-state index contributed by atoms with van der Waals surface area (Å²) >= 11 is 0. The molecule has 14 aromatic rings. The average Bonchev–Trinajstić information content (AvgIpc) is 3.99. The highest BCUT2D eigenvalue weighted by molar-refractivity contribution is 6.66. The maximum Gasteiger partial charge on any atom is 0.292 e. The van der Waals surface area contributed by atoms with Gasteiger partial charge < -0.3 is 0 Å². The second-order valence-electron chi connectivity index (χ2n) is 16.4. The first-order valence-corrected chi connectivity index (χ1v) is 18.0. The van der Waals surface area contributed by atoms with Crippen LogP contribution in [0.1, 0.15) is 33.7 Å². The lowest BCUT2D eigenvalue weighted by Gasteiger charge is -2.42. The molecule has 0 fully saturated rings. The van der Waals surface area contributed by atoms with Crippen LogP contribution in [0.15, 0.2) is 48.6 Å². The first-order chi connectivity index (χ1) is 26.2. The lowest BCUT2D eigenvalue weighted by atomic mass is 9.62. The molecule has 14 aromatic carbocycles. The van der Waals surface area contributed by atoms with Gasteiger partial charge in [-0.25, -0.2) is 22.0 Å². The van der Waals surface area contributed by atoms with E-state index in [0.717, 1.165) is 97.3 Å². The van der Waals surface area contributed by atoms with Crippen molar-refractivity contribution in [1.82, 2.24) is 0 Å². The molecular formula is C47H11F7. The molecule has 2 unspecified atom stereocenters. The lowest BCUT2D eigenvalue weighted by Crippen LogP contribution is -2.46. The molecule has 2 atom stereocenters. The fourth-order valence-electron chi connectivity index (χ4n) is 13.7. The van der Waals surface area contributed by atoms with Crippen molar-refractivity contribution in [2.75, 3.05) is 0 Å². The fourth-order valence-corrected chi connectivity index (χ4v) is 13.7. The average molecular weight is 709 g/mol. The lowest BCUT2D eigenvalue weighted by molar-refractivity contribution is -0.0764. The van der Waals surface area contributed by atoms with Gasteiger partial charge in [0.05, 0.1) is 11.0 Å². The molecule has 3 aliphatic carbocycles. The zero-order chi connectivity index (χ0) is 35.3. The van der Waals surface area contributed by atoms with E-state index in [9.17, 15) is 13.2 Å². The zero-order valence-electron chi connectivity index (χ0n) is 27.0. The van der Waals surface area contributed by atoms with Gasteiger partial charge in [0.2, 0.25) is 5.82 Å². The summed E-state index contributed by atoms with van der Waals surface area (Å²) in [6.07, 6.45) is 6.50. The molecule has 0 saturated heterocycles. The molecule has 3 aliphatic rings. The minimum Gasteiger partial charge on any atom is -0.203 e. The van der Waals surface area contributed by atoms with Gasteiger partial charge in [-0.05, 0) is 152 Å². The van der Waals surface area contributed by atoms with Gasteiger partial charge in [0.25, 0.3) is 5.92 Å². The molecule has 0 amide bonds. The predicted octanol–water partition coefficient (Wildman–Crippen LogP) is 13.8. The number of benzene rings is 9. The van der Waals surface area contributed by atoms with Crippen molar-refractivity contribution >= 4 is 141 Å². The monoisotopic (exact) mass is 708 g/mol. The van der Waals surface area contributed by atoms with Crippen molar-refractivity contribution in [1.29, 1.82) is 0 Å². The Morgan fingerprint density at radius 1 is 0.407 bits per heavy atom. The summed E-state index contributed by atoms with van der Waals surface area (Å²) in [6.45, 7) is 0. The Labute approximate surface area is 294 Å². The summed E-state index contributed by atoms with van der Waals surface area (Å²) in [5.74, 6) is -18.0. The molecule has 248 valence electrons. The molecule has 0 heterocycles. The fraction of sp³-hybridized carbons (Fsp3) is 0.0638. The number of alkyl halides is 2. The second-order valence-corrected chi connectivity index (χ2v) is 16.4. The topological polar surface area (TPSA) is 0 Å². The number of hydrogen-bond donors (Lipinski definition) is 0. The van der Waals surface area contributed by atoms with E-state index < -0.39 is 51.9 Å². The van der Waals surface area contributed by atoms with Crippen LogP contribution in [-0.2, 0) is 11.3 Å². The first-order valence-electron chi connectivity index (χ1n) is 18.0. The van der Waals surface area contributed by atoms with Gasteiger partial charge in [0.15, 0.2) is 23.3 Å². The van der Waals surface area contributed by atoms with Crippen LogP contribution >= 0.6 is 0 Å². The molecule has 0 spiro atoms. The van der Waals surface area contributed by atoms with Gasteiger partial charge in [-0.1, -0.05) is 60.7 Å². The molecular weight excluding hydrogens is 698 g/mol. The Hall–Kier alpha value is -6.21. The van der Waals surface area contributed by atoms with Crippen LogP contribution in [0.4, 0.5) is 30.7 Å². The van der Waals surface area contributed by atoms with Crippen molar-refractivity contribution in [3.8, 4) is 0 Å². The summed E-state index contributed by atoms with van der Waals surface area (Å²) in [7, 11) is 0. The van der Waals surface area contributed by atoms with Crippen LogP contribution in [0.3, 0.4) is 0 Å². The zero-order valence-corrected chi connectivity index (χ0v) is 27.0. The summed E-state index contributed by atoms with van der Waals surface area (Å²) in [6, 6.07) is 13.0. The van der Waals surface area contributed by atoms with E-state index in [2.05, 4.69) is 36.4 Å². The standard InChI is InChI=1S/C47H11F7/c48-41-40(42(49)44(51)45(52)43(41)50)47(53,54)46-10-9-18-16-6-5-14-13-2-1-11-12-3-4-15-17-7-8-19(46)28-26(17)31-23(15)22(12)29-20(11)21(13)30-24(14)25(16)32-27(18)39(46)38(28)37-35(31)33(29)34(30)36(32)37/h1-10,19H. The third-order valence-electron chi connectivity index (χ3n) is 15.1. The number of halogens is 7. The maximum atomic E-state index is 18.2. The number of fused-ring (bicyclic) bond motifs is 5. The maximum absolute atomic E-state index is 18.2. The van der Waals surface area contributed by atoms with Crippen molar-refractivity contribution in [3.05, 3.63) is 105 Å². The van der Waals surface area contributed by atoms with Crippen molar-refractivity contribution in [3.63, 3.8) is 0 Å². The van der Waals surface area contributed by atoms with E-state index in [-0.39, 0.29) is 5.56 Å². The third-order valence-corrected chi connectivity index (χ3v) is 15.1. The van der Waals surface area contributed by atoms with Gasteiger partial charge in [0.1, 0.15) is 0 Å². The largest absolute Gasteiger partial charge is 0.292 e. The minimum atomic E-state index is -4.59. The van der Waals surface area contributed by atoms with Crippen LogP contribution in [0, 0.1) is 29.1 Å². The van der Waals surface area contributed by atoms with Crippen molar-refractivity contribution in [2.45, 2.75) is 17.3 Å². The SMILES string of the molecule is Fc1c(F)c(F)c(C(F)(F)C23C=Cc4c5ccc6c7ccc8c9ccc%10c%11c%12c(c%13c2c4c2c5c6c4c7c8c5c9c%10c%12c6c%13c2c4c65)C3C=C%11)c(F)c1F. The Morgan fingerprint density at radius 2 is 0.796 bits per heavy atom. The molecule has 0 radical (unpaired) electrons.